The summed E-state index contributed by atoms with van der Waals surface area (Å²) in [4.78, 5) is 0.943. The number of rotatable bonds is 2. The third-order valence-corrected chi connectivity index (χ3v) is 2.17. The molecule has 0 saturated carbocycles. The Bertz CT molecular complexity index is 248. The standard InChI is InChI=1S/C8H10O2S/c1-6-3-4-8(11-10-9)7(2)5-6/h3-5,9H,1-2H3. The van der Waals surface area contributed by atoms with Crippen LogP contribution in [0.25, 0.3) is 0 Å². The second-order valence-corrected chi connectivity index (χ2v) is 3.18. The van der Waals surface area contributed by atoms with Gasteiger partial charge in [0.2, 0.25) is 0 Å². The minimum Gasteiger partial charge on any atom is -0.239 e. The Morgan fingerprint density at radius 2 is 2.09 bits per heavy atom. The van der Waals surface area contributed by atoms with Crippen LogP contribution < -0.4 is 0 Å². The van der Waals surface area contributed by atoms with Crippen molar-refractivity contribution in [3.05, 3.63) is 29.3 Å². The van der Waals surface area contributed by atoms with Crippen LogP contribution in [0.2, 0.25) is 0 Å². The maximum atomic E-state index is 8.18. The molecule has 0 aliphatic heterocycles. The third kappa shape index (κ3) is 2.22. The summed E-state index contributed by atoms with van der Waals surface area (Å²) >= 11 is 0.966. The molecule has 0 radical (unpaired) electrons. The summed E-state index contributed by atoms with van der Waals surface area (Å²) in [6, 6.07) is 5.95. The molecule has 1 N–H and O–H groups in total. The van der Waals surface area contributed by atoms with E-state index < -0.39 is 0 Å². The van der Waals surface area contributed by atoms with Crippen molar-refractivity contribution in [1.82, 2.24) is 0 Å². The van der Waals surface area contributed by atoms with Crippen molar-refractivity contribution in [2.75, 3.05) is 0 Å². The van der Waals surface area contributed by atoms with E-state index in [0.717, 1.165) is 22.5 Å². The lowest BCUT2D eigenvalue weighted by Gasteiger charge is -2.01. The molecule has 0 spiro atoms. The second kappa shape index (κ2) is 3.76. The van der Waals surface area contributed by atoms with Crippen LogP contribution in [0, 0.1) is 13.8 Å². The van der Waals surface area contributed by atoms with Gasteiger partial charge >= 0.3 is 0 Å². The maximum Gasteiger partial charge on any atom is 0.0682 e. The van der Waals surface area contributed by atoms with Gasteiger partial charge in [0.1, 0.15) is 0 Å². The molecule has 0 fully saturated rings. The van der Waals surface area contributed by atoms with Crippen LogP contribution in [0.5, 0.6) is 0 Å². The van der Waals surface area contributed by atoms with E-state index in [1.165, 1.54) is 5.56 Å². The van der Waals surface area contributed by atoms with Crippen LogP contribution in [0.1, 0.15) is 11.1 Å². The Morgan fingerprint density at radius 3 is 2.64 bits per heavy atom. The summed E-state index contributed by atoms with van der Waals surface area (Å²) in [5.41, 5.74) is 2.33. The second-order valence-electron chi connectivity index (χ2n) is 2.43. The molecule has 0 amide bonds. The van der Waals surface area contributed by atoms with Crippen molar-refractivity contribution in [2.45, 2.75) is 18.7 Å². The van der Waals surface area contributed by atoms with Gasteiger partial charge in [0.05, 0.1) is 12.0 Å². The zero-order valence-electron chi connectivity index (χ0n) is 6.50. The fraction of sp³-hybridized carbons (Fsp3) is 0.250. The molecule has 0 bridgehead atoms. The molecule has 1 rings (SSSR count). The largest absolute Gasteiger partial charge is 0.239 e. The van der Waals surface area contributed by atoms with Crippen molar-refractivity contribution in [3.63, 3.8) is 0 Å². The molecule has 0 unspecified atom stereocenters. The first-order chi connectivity index (χ1) is 5.24. The highest BCUT2D eigenvalue weighted by Crippen LogP contribution is 2.22. The van der Waals surface area contributed by atoms with Gasteiger partial charge in [-0.15, -0.1) is 0 Å². The summed E-state index contributed by atoms with van der Waals surface area (Å²) < 4.78 is 3.97. The van der Waals surface area contributed by atoms with Gasteiger partial charge in [-0.2, -0.15) is 4.33 Å². The number of benzene rings is 1. The van der Waals surface area contributed by atoms with Gasteiger partial charge in [0.25, 0.3) is 0 Å². The third-order valence-electron chi connectivity index (χ3n) is 1.46. The van der Waals surface area contributed by atoms with E-state index in [4.69, 9.17) is 5.26 Å². The Kier molecular flexibility index (Phi) is 2.93. The molecule has 3 heteroatoms. The predicted octanol–water partition coefficient (Wildman–Crippen LogP) is 2.80. The minimum atomic E-state index is 0.943. The lowest BCUT2D eigenvalue weighted by Crippen LogP contribution is -1.81. The molecule has 60 valence electrons. The van der Waals surface area contributed by atoms with Crippen molar-refractivity contribution in [3.8, 4) is 0 Å². The van der Waals surface area contributed by atoms with Crippen LogP contribution in [0.4, 0.5) is 0 Å². The van der Waals surface area contributed by atoms with Gasteiger partial charge in [-0.05, 0) is 25.5 Å². The average Bonchev–Trinajstić information content (AvgIpc) is 1.95. The first kappa shape index (κ1) is 8.59. The minimum absolute atomic E-state index is 0.943. The fourth-order valence-electron chi connectivity index (χ4n) is 0.933. The van der Waals surface area contributed by atoms with E-state index >= 15 is 0 Å². The molecule has 0 heterocycles. The zero-order chi connectivity index (χ0) is 8.27. The average molecular weight is 170 g/mol. The van der Waals surface area contributed by atoms with E-state index in [9.17, 15) is 0 Å². The highest BCUT2D eigenvalue weighted by molar-refractivity contribution is 7.94. The summed E-state index contributed by atoms with van der Waals surface area (Å²) in [5, 5.41) is 8.18. The fourth-order valence-corrected chi connectivity index (χ4v) is 1.33. The molecule has 0 aliphatic rings. The lowest BCUT2D eigenvalue weighted by atomic mass is 10.2. The smallest absolute Gasteiger partial charge is 0.0682 e. The Labute approximate surface area is 70.3 Å². The van der Waals surface area contributed by atoms with Gasteiger partial charge in [-0.1, -0.05) is 17.7 Å². The number of hydrogen-bond acceptors (Lipinski definition) is 3. The van der Waals surface area contributed by atoms with Crippen LogP contribution in [0.3, 0.4) is 0 Å². The summed E-state index contributed by atoms with van der Waals surface area (Å²) in [5.74, 6) is 0. The van der Waals surface area contributed by atoms with Crippen LogP contribution in [-0.4, -0.2) is 5.26 Å². The molecule has 2 nitrogen and oxygen atoms in total. The predicted molar refractivity (Wildman–Crippen MR) is 45.5 cm³/mol. The summed E-state index contributed by atoms with van der Waals surface area (Å²) in [7, 11) is 0. The van der Waals surface area contributed by atoms with Crippen molar-refractivity contribution in [2.24, 2.45) is 0 Å². The molecule has 1 aromatic rings. The van der Waals surface area contributed by atoms with Crippen LogP contribution in [-0.2, 0) is 4.33 Å². The van der Waals surface area contributed by atoms with Gasteiger partial charge in [-0.3, -0.25) is 0 Å². The SMILES string of the molecule is Cc1ccc(SOO)c(C)c1. The summed E-state index contributed by atoms with van der Waals surface area (Å²) in [6.07, 6.45) is 0. The topological polar surface area (TPSA) is 29.5 Å². The Balaban J connectivity index is 2.90. The van der Waals surface area contributed by atoms with E-state index in [2.05, 4.69) is 4.33 Å². The van der Waals surface area contributed by atoms with Crippen LogP contribution >= 0.6 is 12.0 Å². The lowest BCUT2D eigenvalue weighted by molar-refractivity contribution is -0.116. The molecule has 11 heavy (non-hydrogen) atoms. The van der Waals surface area contributed by atoms with E-state index in [-0.39, 0.29) is 0 Å². The van der Waals surface area contributed by atoms with E-state index in [0.29, 0.717) is 0 Å². The Morgan fingerprint density at radius 1 is 1.36 bits per heavy atom. The van der Waals surface area contributed by atoms with Crippen molar-refractivity contribution < 1.29 is 9.59 Å². The van der Waals surface area contributed by atoms with Gasteiger partial charge in [0.15, 0.2) is 0 Å². The quantitative estimate of drug-likeness (QED) is 0.420. The zero-order valence-corrected chi connectivity index (χ0v) is 7.31. The van der Waals surface area contributed by atoms with Crippen molar-refractivity contribution >= 4 is 12.0 Å². The molecule has 0 atom stereocenters. The monoisotopic (exact) mass is 170 g/mol. The number of aryl methyl sites for hydroxylation is 2. The van der Waals surface area contributed by atoms with Gasteiger partial charge < -0.3 is 0 Å². The Hall–Kier alpha value is -0.510. The molecular formula is C8H10O2S. The van der Waals surface area contributed by atoms with E-state index in [1.54, 1.807) is 0 Å². The molecule has 0 aromatic heterocycles. The van der Waals surface area contributed by atoms with Gasteiger partial charge in [-0.25, -0.2) is 5.26 Å². The number of hydrogen-bond donors (Lipinski definition) is 1. The molecule has 1 aromatic carbocycles. The van der Waals surface area contributed by atoms with Gasteiger partial charge in [0, 0.05) is 4.90 Å². The van der Waals surface area contributed by atoms with Crippen molar-refractivity contribution in [1.29, 1.82) is 0 Å². The van der Waals surface area contributed by atoms with E-state index in [1.807, 2.05) is 32.0 Å². The summed E-state index contributed by atoms with van der Waals surface area (Å²) in [6.45, 7) is 4.01. The maximum absolute atomic E-state index is 8.18. The molecule has 0 saturated heterocycles. The first-order valence-electron chi connectivity index (χ1n) is 3.29. The highest BCUT2D eigenvalue weighted by Gasteiger charge is 1.98. The normalized spacial score (nSPS) is 10.1. The van der Waals surface area contributed by atoms with Crippen LogP contribution in [0.15, 0.2) is 23.1 Å². The molecule has 0 aliphatic carbocycles. The highest BCUT2D eigenvalue weighted by atomic mass is 32.2. The molecular weight excluding hydrogens is 160 g/mol. The first-order valence-corrected chi connectivity index (χ1v) is 4.03.